The molecule has 2 aromatic carbocycles. The number of nitrogens with one attached hydrogen (secondary N) is 3. The van der Waals surface area contributed by atoms with Crippen LogP contribution in [0.3, 0.4) is 0 Å². The maximum Gasteiger partial charge on any atom is 0.259 e. The number of amides is 4. The minimum Gasteiger partial charge on any atom is -0.471 e. The lowest BCUT2D eigenvalue weighted by Gasteiger charge is -2.30. The van der Waals surface area contributed by atoms with Crippen LogP contribution < -0.4 is 20.1 Å². The summed E-state index contributed by atoms with van der Waals surface area (Å²) in [7, 11) is -3.93. The maximum absolute atomic E-state index is 14.7. The lowest BCUT2D eigenvalue weighted by atomic mass is 10.0. The number of carbonyl (C=O) groups is 4. The molecule has 3 aromatic rings. The summed E-state index contributed by atoms with van der Waals surface area (Å²) in [5.74, 6) is -4.31. The number of aryl methyl sites for hydroxylation is 1. The number of para-hydroxylation sites is 1. The molecule has 53 heavy (non-hydrogen) atoms. The molecule has 13 nitrogen and oxygen atoms in total. The number of halogens is 2. The van der Waals surface area contributed by atoms with E-state index in [0.717, 1.165) is 18.6 Å². The molecule has 3 fully saturated rings. The zero-order valence-corrected chi connectivity index (χ0v) is 29.8. The Morgan fingerprint density at radius 1 is 1.02 bits per heavy atom. The zero-order chi connectivity index (χ0) is 37.5. The second-order valence-corrected chi connectivity index (χ2v) is 16.2. The van der Waals surface area contributed by atoms with Crippen molar-refractivity contribution in [3.05, 3.63) is 77.5 Å². The molecule has 4 aliphatic rings. The molecule has 7 rings (SSSR count). The second kappa shape index (κ2) is 14.4. The van der Waals surface area contributed by atoms with Crippen LogP contribution in [0.2, 0.25) is 0 Å². The third-order valence-corrected chi connectivity index (χ3v) is 12.1. The van der Waals surface area contributed by atoms with Gasteiger partial charge in [-0.05, 0) is 81.8 Å². The Hall–Kier alpha value is -4.99. The summed E-state index contributed by atoms with van der Waals surface area (Å²) in [6.07, 6.45) is 6.77. The molecule has 0 radical (unpaired) electrons. The Balaban J connectivity index is 1.20. The van der Waals surface area contributed by atoms with Gasteiger partial charge in [-0.25, -0.2) is 27.2 Å². The molecule has 3 N–H and O–H groups in total. The summed E-state index contributed by atoms with van der Waals surface area (Å²) in [5, 5.41) is 4.92. The number of hydrogen-bond donors (Lipinski definition) is 3. The van der Waals surface area contributed by atoms with Gasteiger partial charge in [-0.3, -0.25) is 23.9 Å². The van der Waals surface area contributed by atoms with E-state index in [1.165, 1.54) is 29.2 Å². The van der Waals surface area contributed by atoms with Gasteiger partial charge in [-0.1, -0.05) is 31.1 Å². The number of sulfonamides is 1. The van der Waals surface area contributed by atoms with Crippen molar-refractivity contribution in [2.75, 3.05) is 6.54 Å². The predicted octanol–water partition coefficient (Wildman–Crippen LogP) is 3.37. The van der Waals surface area contributed by atoms with Gasteiger partial charge < -0.3 is 20.3 Å². The molecular weight excluding hydrogens is 711 g/mol. The number of carbonyl (C=O) groups excluding carboxylic acids is 4. The Labute approximate surface area is 305 Å². The lowest BCUT2D eigenvalue weighted by Crippen LogP contribution is -2.58. The van der Waals surface area contributed by atoms with Gasteiger partial charge in [0.1, 0.15) is 40.8 Å². The highest BCUT2D eigenvalue weighted by Crippen LogP contribution is 2.46. The summed E-state index contributed by atoms with van der Waals surface area (Å²) in [4.78, 5) is 65.8. The number of nitrogens with zero attached hydrogens (tertiary/aromatic N) is 3. The lowest BCUT2D eigenvalue weighted by molar-refractivity contribution is -0.141. The number of aromatic nitrogens is 2. The maximum atomic E-state index is 14.7. The van der Waals surface area contributed by atoms with Gasteiger partial charge >= 0.3 is 0 Å². The van der Waals surface area contributed by atoms with Crippen LogP contribution in [-0.4, -0.2) is 82.4 Å². The average molecular weight is 751 g/mol. The van der Waals surface area contributed by atoms with Crippen molar-refractivity contribution in [1.29, 1.82) is 0 Å². The first-order chi connectivity index (χ1) is 25.3. The van der Waals surface area contributed by atoms with Crippen molar-refractivity contribution >= 4 is 44.7 Å². The van der Waals surface area contributed by atoms with Crippen molar-refractivity contribution < 1.29 is 41.1 Å². The van der Waals surface area contributed by atoms with Crippen LogP contribution in [0.25, 0.3) is 11.0 Å². The molecule has 3 heterocycles. The highest BCUT2D eigenvalue weighted by Gasteiger charge is 2.62. The van der Waals surface area contributed by atoms with E-state index in [1.807, 2.05) is 12.2 Å². The summed E-state index contributed by atoms with van der Waals surface area (Å²) in [6.45, 7) is 1.51. The van der Waals surface area contributed by atoms with E-state index in [-0.39, 0.29) is 42.8 Å². The van der Waals surface area contributed by atoms with Crippen LogP contribution in [0.1, 0.15) is 73.8 Å². The highest BCUT2D eigenvalue weighted by atomic mass is 32.2. The van der Waals surface area contributed by atoms with E-state index < -0.39 is 80.2 Å². The zero-order valence-electron chi connectivity index (χ0n) is 29.0. The molecule has 2 aliphatic heterocycles. The quantitative estimate of drug-likeness (QED) is 0.306. The second-order valence-electron chi connectivity index (χ2n) is 14.2. The minimum absolute atomic E-state index is 0.0119. The number of allylic oxidation sites excluding steroid dienone is 1. The molecule has 16 heteroatoms. The third kappa shape index (κ3) is 7.73. The van der Waals surface area contributed by atoms with Gasteiger partial charge in [0, 0.05) is 17.9 Å². The van der Waals surface area contributed by atoms with Crippen molar-refractivity contribution in [2.24, 2.45) is 5.92 Å². The molecule has 0 spiro atoms. The van der Waals surface area contributed by atoms with Gasteiger partial charge in [-0.2, -0.15) is 0 Å². The fraction of sp³-hybridized carbons (Fsp3) is 0.459. The molecule has 0 bridgehead atoms. The molecule has 0 unspecified atom stereocenters. The number of ether oxygens (including phenoxy) is 1. The highest BCUT2D eigenvalue weighted by molar-refractivity contribution is 7.91. The molecule has 5 atom stereocenters. The van der Waals surface area contributed by atoms with Crippen LogP contribution in [0.5, 0.6) is 5.88 Å². The first kappa shape index (κ1) is 36.4. The summed E-state index contributed by atoms with van der Waals surface area (Å²) in [6, 6.07) is 6.98. The van der Waals surface area contributed by atoms with Crippen molar-refractivity contribution in [3.63, 3.8) is 0 Å². The van der Waals surface area contributed by atoms with Crippen LogP contribution in [0.15, 0.2) is 54.6 Å². The van der Waals surface area contributed by atoms with Gasteiger partial charge in [0.2, 0.25) is 27.7 Å². The minimum atomic E-state index is -3.93. The van der Waals surface area contributed by atoms with E-state index >= 15 is 0 Å². The standard InChI is InChI=1S/C37H40F2N6O7S/c1-21-34(42-31-27(39)9-7-11-28(31)40-21)52-25-18-30-33(47)43-37(36(49)44-53(50,51)26-16-17-26)19-23(37)8-5-3-2-4-6-10-29(35(48)45(30)20-25)41-32(46)22-12-14-24(38)15-13-22/h5,7-9,11-15,23,25-26,29-30H,2-4,6,10,16-20H2,1H3,(H,41,46)(H,43,47)(H,44,49)/b8-5-/t23-,25-,29+,30+,37-/m1/s1. The molecule has 2 aliphatic carbocycles. The fourth-order valence-corrected chi connectivity index (χ4v) is 8.44. The molecule has 280 valence electrons. The normalized spacial score (nSPS) is 27.0. The largest absolute Gasteiger partial charge is 0.471 e. The third-order valence-electron chi connectivity index (χ3n) is 10.3. The Morgan fingerprint density at radius 2 is 1.79 bits per heavy atom. The van der Waals surface area contributed by atoms with Crippen LogP contribution in [0.4, 0.5) is 8.78 Å². The van der Waals surface area contributed by atoms with Gasteiger partial charge in [0.05, 0.1) is 17.3 Å². The van der Waals surface area contributed by atoms with Gasteiger partial charge in [0.15, 0.2) is 5.82 Å². The van der Waals surface area contributed by atoms with E-state index in [2.05, 4.69) is 25.3 Å². The van der Waals surface area contributed by atoms with E-state index in [1.54, 1.807) is 13.0 Å². The van der Waals surface area contributed by atoms with E-state index in [9.17, 15) is 36.4 Å². The van der Waals surface area contributed by atoms with Crippen molar-refractivity contribution in [1.82, 2.24) is 30.2 Å². The SMILES string of the molecule is Cc1nc2cccc(F)c2nc1O[C@@H]1C[C@H]2C(=O)N[C@]3(C(=O)NS(=O)(=O)C4CC4)C[C@H]3/C=C\CCCCC[C@H](NC(=O)c3ccc(F)cc3)C(=O)N2C1. The van der Waals surface area contributed by atoms with Gasteiger partial charge in [0.25, 0.3) is 11.8 Å². The molecule has 4 amide bonds. The number of rotatable bonds is 7. The van der Waals surface area contributed by atoms with Crippen LogP contribution in [0, 0.1) is 24.5 Å². The van der Waals surface area contributed by atoms with Crippen LogP contribution in [-0.2, 0) is 24.4 Å². The topological polar surface area (TPSA) is 177 Å². The Morgan fingerprint density at radius 3 is 2.55 bits per heavy atom. The first-order valence-corrected chi connectivity index (χ1v) is 19.4. The molecule has 1 saturated heterocycles. The smallest absolute Gasteiger partial charge is 0.259 e. The summed E-state index contributed by atoms with van der Waals surface area (Å²) < 4.78 is 62.2. The van der Waals surface area contributed by atoms with Crippen molar-refractivity contribution in [2.45, 2.75) is 93.7 Å². The fourth-order valence-electron chi connectivity index (χ4n) is 7.08. The van der Waals surface area contributed by atoms with Gasteiger partial charge in [-0.15, -0.1) is 0 Å². The summed E-state index contributed by atoms with van der Waals surface area (Å²) in [5.41, 5.74) is -0.752. The number of benzene rings is 2. The number of hydrogen-bond acceptors (Lipinski definition) is 9. The van der Waals surface area contributed by atoms with Crippen molar-refractivity contribution in [3.8, 4) is 5.88 Å². The molecule has 1 aromatic heterocycles. The Bertz CT molecular complexity index is 2090. The first-order valence-electron chi connectivity index (χ1n) is 17.9. The van der Waals surface area contributed by atoms with E-state index in [0.29, 0.717) is 43.3 Å². The molecular formula is C37H40F2N6O7S. The summed E-state index contributed by atoms with van der Waals surface area (Å²) >= 11 is 0. The number of fused-ring (bicyclic) bond motifs is 3. The van der Waals surface area contributed by atoms with E-state index in [4.69, 9.17) is 4.74 Å². The predicted molar refractivity (Wildman–Crippen MR) is 188 cm³/mol. The Kier molecular flexibility index (Phi) is 9.91. The average Bonchev–Trinajstić information content (AvgIpc) is 4.05. The van der Waals surface area contributed by atoms with Crippen LogP contribution >= 0.6 is 0 Å². The monoisotopic (exact) mass is 750 g/mol. The molecule has 2 saturated carbocycles.